The second-order valence-corrected chi connectivity index (χ2v) is 15.2. The highest BCUT2D eigenvalue weighted by Crippen LogP contribution is 2.46. The van der Waals surface area contributed by atoms with E-state index in [1.807, 2.05) is 6.07 Å². The molecule has 9 heteroatoms. The Morgan fingerprint density at radius 2 is 1.67 bits per heavy atom. The molecule has 3 N–H and O–H groups in total. The van der Waals surface area contributed by atoms with Gasteiger partial charge in [0.2, 0.25) is 5.91 Å². The van der Waals surface area contributed by atoms with Gasteiger partial charge in [-0.2, -0.15) is 0 Å². The number of benzene rings is 3. The summed E-state index contributed by atoms with van der Waals surface area (Å²) in [6, 6.07) is 22.1. The predicted octanol–water partition coefficient (Wildman–Crippen LogP) is 7.51. The molecule has 0 spiro atoms. The molecule has 52 heavy (non-hydrogen) atoms. The van der Waals surface area contributed by atoms with E-state index >= 15 is 0 Å². The lowest BCUT2D eigenvalue weighted by molar-refractivity contribution is -0.131. The lowest BCUT2D eigenvalue weighted by Gasteiger charge is -2.30. The summed E-state index contributed by atoms with van der Waals surface area (Å²) >= 11 is 0. The van der Waals surface area contributed by atoms with Crippen LogP contribution in [0.3, 0.4) is 0 Å². The van der Waals surface area contributed by atoms with Crippen LogP contribution >= 0.6 is 0 Å². The average molecular weight is 702 g/mol. The van der Waals surface area contributed by atoms with Gasteiger partial charge in [0.1, 0.15) is 5.54 Å². The maximum atomic E-state index is 14.2. The summed E-state index contributed by atoms with van der Waals surface area (Å²) in [5, 5.41) is 16.4. The van der Waals surface area contributed by atoms with Crippen molar-refractivity contribution >= 4 is 40.4 Å². The first-order valence-electron chi connectivity index (χ1n) is 19.0. The molecule has 2 amide bonds. The number of carboxylic acid groups (broad SMARTS) is 1. The molecule has 2 heterocycles. The molecule has 7 rings (SSSR count). The third-order valence-corrected chi connectivity index (χ3v) is 11.4. The van der Waals surface area contributed by atoms with Crippen molar-refractivity contribution in [2.45, 2.75) is 82.3 Å². The summed E-state index contributed by atoms with van der Waals surface area (Å²) in [6.45, 7) is 4.64. The van der Waals surface area contributed by atoms with Crippen molar-refractivity contribution in [1.29, 1.82) is 0 Å². The van der Waals surface area contributed by atoms with Crippen molar-refractivity contribution in [3.63, 3.8) is 0 Å². The Morgan fingerprint density at radius 3 is 2.40 bits per heavy atom. The fourth-order valence-corrected chi connectivity index (χ4v) is 8.60. The monoisotopic (exact) mass is 701 g/mol. The molecule has 2 aliphatic carbocycles. The van der Waals surface area contributed by atoms with Crippen molar-refractivity contribution in [1.82, 2.24) is 19.7 Å². The summed E-state index contributed by atoms with van der Waals surface area (Å²) < 4.78 is 2.49. The van der Waals surface area contributed by atoms with E-state index < -0.39 is 11.5 Å². The molecule has 272 valence electrons. The first-order chi connectivity index (χ1) is 25.2. The van der Waals surface area contributed by atoms with Gasteiger partial charge in [-0.15, -0.1) is 0 Å². The molecule has 1 aromatic heterocycles. The summed E-state index contributed by atoms with van der Waals surface area (Å²) in [7, 11) is 4.25. The van der Waals surface area contributed by atoms with Gasteiger partial charge in [-0.05, 0) is 92.7 Å². The lowest BCUT2D eigenvalue weighted by atomic mass is 9.81. The number of carbonyl (C=O) groups excluding carboxylic acids is 2. The van der Waals surface area contributed by atoms with Gasteiger partial charge in [0.05, 0.1) is 5.69 Å². The number of carbonyl (C=O) groups is 3. The van der Waals surface area contributed by atoms with Crippen LogP contribution in [0, 0.1) is 0 Å². The van der Waals surface area contributed by atoms with E-state index in [0.29, 0.717) is 30.0 Å². The second-order valence-electron chi connectivity index (χ2n) is 15.2. The molecule has 3 aromatic carbocycles. The van der Waals surface area contributed by atoms with Gasteiger partial charge in [0.25, 0.3) is 5.91 Å². The molecular formula is C43H51N5O4. The fourth-order valence-electron chi connectivity index (χ4n) is 8.60. The molecular weight excluding hydrogens is 651 g/mol. The third kappa shape index (κ3) is 7.57. The SMILES string of the molecule is CN(C)CCN1CCn2c(c(C3CCCCC3)c3ccc(C(=O)NC4(C(=O)Nc5ccc(C=CC(=O)O)cc5)CCCC4)cc32)-c2ccccc2C1. The molecule has 0 bridgehead atoms. The van der Waals surface area contributed by atoms with Crippen LogP contribution in [0.25, 0.3) is 28.2 Å². The van der Waals surface area contributed by atoms with Crippen molar-refractivity contribution < 1.29 is 19.5 Å². The first-order valence-corrected chi connectivity index (χ1v) is 19.0. The lowest BCUT2D eigenvalue weighted by Crippen LogP contribution is -2.55. The van der Waals surface area contributed by atoms with Crippen LogP contribution in [-0.4, -0.2) is 76.5 Å². The van der Waals surface area contributed by atoms with Crippen LogP contribution in [0.5, 0.6) is 0 Å². The highest BCUT2D eigenvalue weighted by molar-refractivity contribution is 6.06. The van der Waals surface area contributed by atoms with Gasteiger partial charge in [-0.3, -0.25) is 14.5 Å². The molecule has 3 aliphatic rings. The molecule has 2 saturated carbocycles. The summed E-state index contributed by atoms with van der Waals surface area (Å²) in [6.07, 6.45) is 11.6. The number of hydrogen-bond acceptors (Lipinski definition) is 5. The molecule has 2 fully saturated rings. The highest BCUT2D eigenvalue weighted by Gasteiger charge is 2.43. The zero-order chi connectivity index (χ0) is 36.2. The molecule has 0 atom stereocenters. The number of rotatable bonds is 10. The smallest absolute Gasteiger partial charge is 0.328 e. The molecule has 0 saturated heterocycles. The van der Waals surface area contributed by atoms with E-state index in [0.717, 1.165) is 62.7 Å². The molecule has 0 unspecified atom stereocenters. The minimum Gasteiger partial charge on any atom is -0.478 e. The van der Waals surface area contributed by atoms with Gasteiger partial charge in [-0.1, -0.05) is 74.6 Å². The number of nitrogens with one attached hydrogen (secondary N) is 2. The van der Waals surface area contributed by atoms with Crippen LogP contribution in [0.2, 0.25) is 0 Å². The van der Waals surface area contributed by atoms with Crippen LogP contribution < -0.4 is 10.6 Å². The van der Waals surface area contributed by atoms with Crippen LogP contribution in [0.4, 0.5) is 5.69 Å². The topological polar surface area (TPSA) is 107 Å². The Hall–Kier alpha value is -4.73. The Bertz CT molecular complexity index is 1970. The van der Waals surface area contributed by atoms with Gasteiger partial charge >= 0.3 is 5.97 Å². The predicted molar refractivity (Wildman–Crippen MR) is 207 cm³/mol. The Morgan fingerprint density at radius 1 is 0.923 bits per heavy atom. The van der Waals surface area contributed by atoms with E-state index in [9.17, 15) is 14.4 Å². The zero-order valence-electron chi connectivity index (χ0n) is 30.5. The van der Waals surface area contributed by atoms with E-state index in [1.165, 1.54) is 66.0 Å². The van der Waals surface area contributed by atoms with Crippen LogP contribution in [0.15, 0.2) is 72.8 Å². The number of aliphatic carboxylic acids is 1. The maximum absolute atomic E-state index is 14.2. The van der Waals surface area contributed by atoms with Gasteiger partial charge in [0.15, 0.2) is 0 Å². The van der Waals surface area contributed by atoms with E-state index in [4.69, 9.17) is 5.11 Å². The van der Waals surface area contributed by atoms with Gasteiger partial charge in [0, 0.05) is 66.5 Å². The molecule has 0 radical (unpaired) electrons. The fraction of sp³-hybridized carbons (Fsp3) is 0.419. The van der Waals surface area contributed by atoms with E-state index in [2.05, 4.69) is 75.5 Å². The average Bonchev–Trinajstić information content (AvgIpc) is 3.75. The number of amides is 2. The summed E-state index contributed by atoms with van der Waals surface area (Å²) in [5.74, 6) is -0.996. The minimum atomic E-state index is -1.02. The standard InChI is InChI=1S/C43H51N5O4/c1-46(2)24-25-47-26-27-48-37-28-32(17-20-36(37)39(31-10-4-3-5-11-31)40(48)35-13-7-6-12-33(35)29-47)41(51)45-43(22-8-9-23-43)42(52)44-34-18-14-30(15-19-34)16-21-38(49)50/h6-7,12-21,28,31H,3-5,8-11,22-27,29H2,1-2H3,(H,44,52)(H,45,51)(H,49,50). The van der Waals surface area contributed by atoms with Gasteiger partial charge in [-0.25, -0.2) is 4.79 Å². The van der Waals surface area contributed by atoms with Crippen LogP contribution in [-0.2, 0) is 22.7 Å². The highest BCUT2D eigenvalue weighted by atomic mass is 16.4. The largest absolute Gasteiger partial charge is 0.478 e. The Labute approximate surface area is 306 Å². The third-order valence-electron chi connectivity index (χ3n) is 11.4. The number of carboxylic acids is 1. The number of nitrogens with zero attached hydrogens (tertiary/aromatic N) is 3. The number of likely N-dealkylation sites (N-methyl/N-ethyl adjacent to an activating group) is 1. The quantitative estimate of drug-likeness (QED) is 0.148. The molecule has 9 nitrogen and oxygen atoms in total. The normalized spacial score (nSPS) is 17.8. The first kappa shape index (κ1) is 35.7. The van der Waals surface area contributed by atoms with Crippen molar-refractivity contribution in [3.8, 4) is 11.3 Å². The van der Waals surface area contributed by atoms with Gasteiger partial charge < -0.3 is 25.2 Å². The minimum absolute atomic E-state index is 0.227. The van der Waals surface area contributed by atoms with Crippen molar-refractivity contribution in [2.24, 2.45) is 0 Å². The maximum Gasteiger partial charge on any atom is 0.328 e. The van der Waals surface area contributed by atoms with E-state index in [-0.39, 0.29) is 11.8 Å². The number of fused-ring (bicyclic) bond motifs is 5. The van der Waals surface area contributed by atoms with Crippen molar-refractivity contribution in [3.05, 3.63) is 95.1 Å². The molecule has 4 aromatic rings. The summed E-state index contributed by atoms with van der Waals surface area (Å²) in [5.41, 5.74) is 7.36. The zero-order valence-corrected chi connectivity index (χ0v) is 30.5. The van der Waals surface area contributed by atoms with E-state index in [1.54, 1.807) is 24.3 Å². The van der Waals surface area contributed by atoms with Crippen LogP contribution in [0.1, 0.15) is 90.8 Å². The number of aromatic nitrogens is 1. The number of hydrogen-bond donors (Lipinski definition) is 3. The molecule has 1 aliphatic heterocycles. The number of anilines is 1. The van der Waals surface area contributed by atoms with Crippen molar-refractivity contribution in [2.75, 3.05) is 39.0 Å². The Kier molecular flexibility index (Phi) is 10.6. The Balaban J connectivity index is 1.22. The second kappa shape index (κ2) is 15.5. The summed E-state index contributed by atoms with van der Waals surface area (Å²) in [4.78, 5) is 43.8.